The molecule has 1 aliphatic rings. The van der Waals surface area contributed by atoms with Gasteiger partial charge in [-0.05, 0) is 37.2 Å². The smallest absolute Gasteiger partial charge is 0.161 e. The van der Waals surface area contributed by atoms with Gasteiger partial charge in [-0.25, -0.2) is 9.97 Å². The number of ether oxygens (including phenoxy) is 2. The van der Waals surface area contributed by atoms with Crippen LogP contribution in [0.3, 0.4) is 0 Å². The molecule has 20 heavy (non-hydrogen) atoms. The van der Waals surface area contributed by atoms with Gasteiger partial charge in [-0.2, -0.15) is 0 Å². The lowest BCUT2D eigenvalue weighted by atomic mass is 10.1. The van der Waals surface area contributed by atoms with Gasteiger partial charge in [0.15, 0.2) is 11.5 Å². The summed E-state index contributed by atoms with van der Waals surface area (Å²) in [6.07, 6.45) is 3.65. The van der Waals surface area contributed by atoms with Crippen molar-refractivity contribution < 1.29 is 9.47 Å². The van der Waals surface area contributed by atoms with Crippen LogP contribution in [-0.2, 0) is 0 Å². The van der Waals surface area contributed by atoms with Crippen LogP contribution in [-0.4, -0.2) is 30.2 Å². The first-order valence-electron chi connectivity index (χ1n) is 6.63. The zero-order valence-electron chi connectivity index (χ0n) is 11.6. The maximum atomic E-state index is 5.62. The minimum absolute atomic E-state index is 0.0635. The summed E-state index contributed by atoms with van der Waals surface area (Å²) in [6, 6.07) is 5.87. The van der Waals surface area contributed by atoms with E-state index in [1.807, 2.05) is 44.6 Å². The number of fused-ring (bicyclic) bond motifs is 1. The van der Waals surface area contributed by atoms with E-state index >= 15 is 0 Å². The quantitative estimate of drug-likeness (QED) is 0.923. The summed E-state index contributed by atoms with van der Waals surface area (Å²) in [5, 5.41) is 3.24. The van der Waals surface area contributed by atoms with Gasteiger partial charge in [0.25, 0.3) is 0 Å². The Balaban J connectivity index is 1.94. The molecule has 0 saturated carbocycles. The zero-order valence-corrected chi connectivity index (χ0v) is 11.6. The molecule has 5 heteroatoms. The molecule has 1 aromatic carbocycles. The number of aryl methyl sites for hydroxylation is 1. The number of rotatable bonds is 3. The third-order valence-corrected chi connectivity index (χ3v) is 3.25. The molecule has 0 amide bonds. The minimum Gasteiger partial charge on any atom is -0.486 e. The molecule has 1 aromatic heterocycles. The maximum absolute atomic E-state index is 5.62. The molecule has 1 atom stereocenters. The summed E-state index contributed by atoms with van der Waals surface area (Å²) in [4.78, 5) is 8.78. The van der Waals surface area contributed by atoms with E-state index in [4.69, 9.17) is 9.47 Å². The van der Waals surface area contributed by atoms with E-state index < -0.39 is 0 Å². The second kappa shape index (κ2) is 5.46. The van der Waals surface area contributed by atoms with E-state index in [1.165, 1.54) is 0 Å². The fourth-order valence-electron chi connectivity index (χ4n) is 2.24. The van der Waals surface area contributed by atoms with E-state index in [2.05, 4.69) is 15.3 Å². The molecule has 1 aliphatic heterocycles. The van der Waals surface area contributed by atoms with Crippen molar-refractivity contribution in [3.8, 4) is 11.5 Å². The number of hydrogen-bond acceptors (Lipinski definition) is 5. The normalized spacial score (nSPS) is 14.9. The van der Waals surface area contributed by atoms with Crippen LogP contribution in [0.15, 0.2) is 30.6 Å². The highest BCUT2D eigenvalue weighted by Crippen LogP contribution is 2.33. The molecule has 0 spiro atoms. The van der Waals surface area contributed by atoms with Gasteiger partial charge < -0.3 is 14.8 Å². The highest BCUT2D eigenvalue weighted by atomic mass is 16.6. The molecule has 1 unspecified atom stereocenters. The number of aromatic nitrogens is 2. The van der Waals surface area contributed by atoms with Crippen LogP contribution >= 0.6 is 0 Å². The zero-order chi connectivity index (χ0) is 13.9. The Morgan fingerprint density at radius 1 is 1.10 bits per heavy atom. The van der Waals surface area contributed by atoms with Crippen molar-refractivity contribution in [1.82, 2.24) is 15.3 Å². The van der Waals surface area contributed by atoms with Gasteiger partial charge in [-0.15, -0.1) is 0 Å². The van der Waals surface area contributed by atoms with E-state index in [9.17, 15) is 0 Å². The third-order valence-electron chi connectivity index (χ3n) is 3.25. The lowest BCUT2D eigenvalue weighted by Crippen LogP contribution is -2.21. The predicted octanol–water partition coefficient (Wildman–Crippen LogP) is 1.87. The topological polar surface area (TPSA) is 56.3 Å². The summed E-state index contributed by atoms with van der Waals surface area (Å²) in [5.74, 6) is 2.32. The molecular weight excluding hydrogens is 254 g/mol. The number of hydrogen-bond donors (Lipinski definition) is 1. The molecule has 3 rings (SSSR count). The van der Waals surface area contributed by atoms with Gasteiger partial charge in [-0.3, -0.25) is 0 Å². The predicted molar refractivity (Wildman–Crippen MR) is 75.1 cm³/mol. The first-order valence-corrected chi connectivity index (χ1v) is 6.63. The first-order chi connectivity index (χ1) is 9.78. The Kier molecular flexibility index (Phi) is 3.52. The molecule has 0 radical (unpaired) electrons. The van der Waals surface area contributed by atoms with Crippen LogP contribution < -0.4 is 14.8 Å². The summed E-state index contributed by atoms with van der Waals surface area (Å²) < 4.78 is 11.2. The summed E-state index contributed by atoms with van der Waals surface area (Å²) in [6.45, 7) is 3.16. The van der Waals surface area contributed by atoms with Crippen LogP contribution in [0.4, 0.5) is 0 Å². The van der Waals surface area contributed by atoms with Crippen molar-refractivity contribution in [2.75, 3.05) is 20.3 Å². The summed E-state index contributed by atoms with van der Waals surface area (Å²) >= 11 is 0. The Morgan fingerprint density at radius 2 is 1.80 bits per heavy atom. The molecule has 2 heterocycles. The third kappa shape index (κ3) is 2.44. The van der Waals surface area contributed by atoms with Crippen LogP contribution in [0.25, 0.3) is 0 Å². The second-order valence-corrected chi connectivity index (χ2v) is 4.74. The molecule has 5 nitrogen and oxygen atoms in total. The maximum Gasteiger partial charge on any atom is 0.161 e. The van der Waals surface area contributed by atoms with E-state index in [0.717, 1.165) is 28.5 Å². The SMILES string of the molecule is CNC(c1ccc2c(c1)OCCO2)c1ncc(C)cn1. The molecule has 104 valence electrons. The standard InChI is InChI=1S/C15H17N3O2/c1-10-8-17-15(18-9-10)14(16-2)11-3-4-12-13(7-11)20-6-5-19-12/h3-4,7-9,14,16H,5-6H2,1-2H3. The Morgan fingerprint density at radius 3 is 2.50 bits per heavy atom. The number of benzene rings is 1. The van der Waals surface area contributed by atoms with Crippen LogP contribution in [0.2, 0.25) is 0 Å². The number of nitrogens with one attached hydrogen (secondary N) is 1. The van der Waals surface area contributed by atoms with Crippen molar-refractivity contribution in [2.45, 2.75) is 13.0 Å². The number of nitrogens with zero attached hydrogens (tertiary/aromatic N) is 2. The summed E-state index contributed by atoms with van der Waals surface area (Å²) in [7, 11) is 1.89. The average molecular weight is 271 g/mol. The fraction of sp³-hybridized carbons (Fsp3) is 0.333. The van der Waals surface area contributed by atoms with Crippen molar-refractivity contribution in [1.29, 1.82) is 0 Å². The van der Waals surface area contributed by atoms with Crippen molar-refractivity contribution in [3.05, 3.63) is 47.5 Å². The molecular formula is C15H17N3O2. The molecule has 2 aromatic rings. The Bertz CT molecular complexity index is 599. The van der Waals surface area contributed by atoms with Crippen LogP contribution in [0, 0.1) is 6.92 Å². The lowest BCUT2D eigenvalue weighted by molar-refractivity contribution is 0.171. The van der Waals surface area contributed by atoms with Crippen molar-refractivity contribution in [3.63, 3.8) is 0 Å². The molecule has 0 aliphatic carbocycles. The largest absolute Gasteiger partial charge is 0.486 e. The molecule has 0 bridgehead atoms. The van der Waals surface area contributed by atoms with Gasteiger partial charge in [0.2, 0.25) is 0 Å². The van der Waals surface area contributed by atoms with Gasteiger partial charge in [-0.1, -0.05) is 6.07 Å². The van der Waals surface area contributed by atoms with Gasteiger partial charge in [0, 0.05) is 12.4 Å². The van der Waals surface area contributed by atoms with Gasteiger partial charge >= 0.3 is 0 Å². The lowest BCUT2D eigenvalue weighted by Gasteiger charge is -2.21. The Labute approximate surface area is 118 Å². The van der Waals surface area contributed by atoms with Crippen LogP contribution in [0.5, 0.6) is 11.5 Å². The van der Waals surface area contributed by atoms with Crippen molar-refractivity contribution >= 4 is 0 Å². The first kappa shape index (κ1) is 12.9. The minimum atomic E-state index is -0.0635. The average Bonchev–Trinajstić information content (AvgIpc) is 2.50. The van der Waals surface area contributed by atoms with Crippen molar-refractivity contribution in [2.24, 2.45) is 0 Å². The second-order valence-electron chi connectivity index (χ2n) is 4.74. The molecule has 0 fully saturated rings. The Hall–Kier alpha value is -2.14. The van der Waals surface area contributed by atoms with Crippen LogP contribution in [0.1, 0.15) is 23.0 Å². The van der Waals surface area contributed by atoms with Gasteiger partial charge in [0.1, 0.15) is 19.0 Å². The van der Waals surface area contributed by atoms with Gasteiger partial charge in [0.05, 0.1) is 6.04 Å². The van der Waals surface area contributed by atoms with E-state index in [1.54, 1.807) is 0 Å². The molecule has 0 saturated heterocycles. The van der Waals surface area contributed by atoms with E-state index in [0.29, 0.717) is 13.2 Å². The summed E-state index contributed by atoms with van der Waals surface area (Å²) in [5.41, 5.74) is 2.10. The highest BCUT2D eigenvalue weighted by molar-refractivity contribution is 5.45. The fourth-order valence-corrected chi connectivity index (χ4v) is 2.24. The monoisotopic (exact) mass is 271 g/mol. The highest BCUT2D eigenvalue weighted by Gasteiger charge is 2.19. The molecule has 1 N–H and O–H groups in total. The van der Waals surface area contributed by atoms with E-state index in [-0.39, 0.29) is 6.04 Å².